The van der Waals surface area contributed by atoms with Crippen molar-refractivity contribution < 1.29 is 9.47 Å². The summed E-state index contributed by atoms with van der Waals surface area (Å²) in [5.41, 5.74) is 0. The normalized spacial score (nSPS) is 10.4. The number of nitrogens with zero attached hydrogens (tertiary/aromatic N) is 2. The van der Waals surface area contributed by atoms with Crippen molar-refractivity contribution in [2.24, 2.45) is 0 Å². The molecule has 102 valence electrons. The SMILES string of the molecule is CCCNCc1nnc(Oc2ccc(OC)cc2)s1. The van der Waals surface area contributed by atoms with E-state index in [4.69, 9.17) is 9.47 Å². The molecule has 1 N–H and O–H groups in total. The molecule has 2 aromatic rings. The van der Waals surface area contributed by atoms with Crippen LogP contribution in [0.25, 0.3) is 0 Å². The van der Waals surface area contributed by atoms with Crippen LogP contribution in [0.2, 0.25) is 0 Å². The summed E-state index contributed by atoms with van der Waals surface area (Å²) in [7, 11) is 1.64. The minimum absolute atomic E-state index is 0.554. The molecule has 0 unspecified atom stereocenters. The largest absolute Gasteiger partial charge is 0.497 e. The van der Waals surface area contributed by atoms with Gasteiger partial charge in [0.2, 0.25) is 0 Å². The van der Waals surface area contributed by atoms with Gasteiger partial charge >= 0.3 is 0 Å². The monoisotopic (exact) mass is 279 g/mol. The summed E-state index contributed by atoms with van der Waals surface area (Å²) in [6.07, 6.45) is 1.11. The van der Waals surface area contributed by atoms with Crippen molar-refractivity contribution in [2.45, 2.75) is 19.9 Å². The van der Waals surface area contributed by atoms with E-state index in [1.807, 2.05) is 24.3 Å². The van der Waals surface area contributed by atoms with Crippen molar-refractivity contribution >= 4 is 11.3 Å². The van der Waals surface area contributed by atoms with E-state index in [0.29, 0.717) is 5.19 Å². The predicted octanol–water partition coefficient (Wildman–Crippen LogP) is 2.84. The highest BCUT2D eigenvalue weighted by atomic mass is 32.1. The molecule has 0 saturated heterocycles. The lowest BCUT2D eigenvalue weighted by molar-refractivity contribution is 0.412. The summed E-state index contributed by atoms with van der Waals surface area (Å²) < 4.78 is 10.7. The smallest absolute Gasteiger partial charge is 0.299 e. The second-order valence-corrected chi connectivity index (χ2v) is 4.94. The van der Waals surface area contributed by atoms with E-state index in [9.17, 15) is 0 Å². The van der Waals surface area contributed by atoms with Gasteiger partial charge in [0.15, 0.2) is 0 Å². The highest BCUT2D eigenvalue weighted by molar-refractivity contribution is 7.13. The molecular weight excluding hydrogens is 262 g/mol. The second kappa shape index (κ2) is 7.06. The minimum Gasteiger partial charge on any atom is -0.497 e. The summed E-state index contributed by atoms with van der Waals surface area (Å²) in [5.74, 6) is 1.53. The maximum absolute atomic E-state index is 5.63. The number of aromatic nitrogens is 2. The van der Waals surface area contributed by atoms with Gasteiger partial charge < -0.3 is 14.8 Å². The number of rotatable bonds is 7. The fourth-order valence-electron chi connectivity index (χ4n) is 1.47. The van der Waals surface area contributed by atoms with Gasteiger partial charge in [-0.15, -0.1) is 5.10 Å². The Morgan fingerprint density at radius 2 is 1.89 bits per heavy atom. The molecule has 0 aliphatic heterocycles. The molecule has 5 nitrogen and oxygen atoms in total. The number of ether oxygens (including phenoxy) is 2. The second-order valence-electron chi connectivity index (χ2n) is 3.92. The first-order valence-electron chi connectivity index (χ1n) is 6.17. The van der Waals surface area contributed by atoms with Gasteiger partial charge in [-0.25, -0.2) is 0 Å². The fourth-order valence-corrected chi connectivity index (χ4v) is 2.14. The summed E-state index contributed by atoms with van der Waals surface area (Å²) >= 11 is 1.45. The Morgan fingerprint density at radius 3 is 2.58 bits per heavy atom. The van der Waals surface area contributed by atoms with Crippen molar-refractivity contribution in [1.82, 2.24) is 15.5 Å². The Labute approximate surface area is 116 Å². The topological polar surface area (TPSA) is 56.3 Å². The Morgan fingerprint density at radius 1 is 1.16 bits per heavy atom. The van der Waals surface area contributed by atoms with Crippen LogP contribution >= 0.6 is 11.3 Å². The molecule has 0 radical (unpaired) electrons. The number of hydrogen-bond acceptors (Lipinski definition) is 6. The van der Waals surface area contributed by atoms with Crippen LogP contribution < -0.4 is 14.8 Å². The van der Waals surface area contributed by atoms with Crippen LogP contribution in [-0.4, -0.2) is 23.9 Å². The molecular formula is C13H17N3O2S. The lowest BCUT2D eigenvalue weighted by Crippen LogP contribution is -2.13. The van der Waals surface area contributed by atoms with Gasteiger partial charge in [0.25, 0.3) is 5.19 Å². The third-order valence-corrected chi connectivity index (χ3v) is 3.22. The predicted molar refractivity (Wildman–Crippen MR) is 75.0 cm³/mol. The van der Waals surface area contributed by atoms with Gasteiger partial charge in [0, 0.05) is 6.54 Å². The molecule has 1 aromatic carbocycles. The Hall–Kier alpha value is -1.66. The van der Waals surface area contributed by atoms with E-state index < -0.39 is 0 Å². The number of nitrogens with one attached hydrogen (secondary N) is 1. The van der Waals surface area contributed by atoms with Crippen LogP contribution in [0.15, 0.2) is 24.3 Å². The van der Waals surface area contributed by atoms with E-state index in [2.05, 4.69) is 22.4 Å². The van der Waals surface area contributed by atoms with Crippen molar-refractivity contribution in [3.05, 3.63) is 29.3 Å². The molecule has 0 atom stereocenters. The molecule has 1 heterocycles. The molecule has 1 aromatic heterocycles. The lowest BCUT2D eigenvalue weighted by atomic mass is 10.3. The zero-order chi connectivity index (χ0) is 13.5. The van der Waals surface area contributed by atoms with Crippen LogP contribution in [-0.2, 0) is 6.54 Å². The summed E-state index contributed by atoms with van der Waals surface area (Å²) in [5, 5.41) is 12.8. The molecule has 0 fully saturated rings. The van der Waals surface area contributed by atoms with Gasteiger partial charge in [0.1, 0.15) is 16.5 Å². The van der Waals surface area contributed by atoms with E-state index in [-0.39, 0.29) is 0 Å². The first-order chi connectivity index (χ1) is 9.31. The Kier molecular flexibility index (Phi) is 5.11. The van der Waals surface area contributed by atoms with Crippen LogP contribution in [0.5, 0.6) is 16.7 Å². The van der Waals surface area contributed by atoms with Gasteiger partial charge in [0.05, 0.1) is 7.11 Å². The van der Waals surface area contributed by atoms with Gasteiger partial charge in [-0.3, -0.25) is 0 Å². The van der Waals surface area contributed by atoms with E-state index in [1.54, 1.807) is 7.11 Å². The summed E-state index contributed by atoms with van der Waals surface area (Å²) in [6, 6.07) is 7.38. The molecule has 0 bridgehead atoms. The Balaban J connectivity index is 1.91. The van der Waals surface area contributed by atoms with E-state index in [1.165, 1.54) is 11.3 Å². The minimum atomic E-state index is 0.554. The standard InChI is InChI=1S/C13H17N3O2S/c1-3-8-14-9-12-15-16-13(19-12)18-11-6-4-10(17-2)5-7-11/h4-7,14H,3,8-9H2,1-2H3. The molecule has 0 spiro atoms. The molecule has 0 aliphatic rings. The van der Waals surface area contributed by atoms with Crippen LogP contribution in [0.1, 0.15) is 18.4 Å². The van der Waals surface area contributed by atoms with Crippen molar-refractivity contribution in [1.29, 1.82) is 0 Å². The van der Waals surface area contributed by atoms with Gasteiger partial charge in [-0.1, -0.05) is 23.4 Å². The molecule has 0 aliphatic carbocycles. The maximum atomic E-state index is 5.63. The third-order valence-electron chi connectivity index (χ3n) is 2.42. The average molecular weight is 279 g/mol. The molecule has 2 rings (SSSR count). The number of benzene rings is 1. The Bertz CT molecular complexity index is 499. The van der Waals surface area contributed by atoms with Crippen molar-refractivity contribution in [3.8, 4) is 16.7 Å². The zero-order valence-corrected chi connectivity index (χ0v) is 11.9. The zero-order valence-electron chi connectivity index (χ0n) is 11.0. The maximum Gasteiger partial charge on any atom is 0.299 e. The van der Waals surface area contributed by atoms with Crippen LogP contribution in [0.4, 0.5) is 0 Å². The van der Waals surface area contributed by atoms with Crippen LogP contribution in [0.3, 0.4) is 0 Å². The van der Waals surface area contributed by atoms with Gasteiger partial charge in [-0.05, 0) is 37.2 Å². The van der Waals surface area contributed by atoms with Crippen molar-refractivity contribution in [3.63, 3.8) is 0 Å². The third kappa shape index (κ3) is 4.18. The quantitative estimate of drug-likeness (QED) is 0.790. The lowest BCUT2D eigenvalue weighted by Gasteiger charge is -2.02. The fraction of sp³-hybridized carbons (Fsp3) is 0.385. The van der Waals surface area contributed by atoms with Gasteiger partial charge in [-0.2, -0.15) is 0 Å². The number of methoxy groups -OCH3 is 1. The van der Waals surface area contributed by atoms with Crippen LogP contribution in [0, 0.1) is 0 Å². The van der Waals surface area contributed by atoms with E-state index >= 15 is 0 Å². The first kappa shape index (κ1) is 13.8. The van der Waals surface area contributed by atoms with Crippen molar-refractivity contribution in [2.75, 3.05) is 13.7 Å². The summed E-state index contributed by atoms with van der Waals surface area (Å²) in [4.78, 5) is 0. The van der Waals surface area contributed by atoms with E-state index in [0.717, 1.165) is 36.0 Å². The number of hydrogen-bond donors (Lipinski definition) is 1. The molecule has 6 heteroatoms. The first-order valence-corrected chi connectivity index (χ1v) is 6.98. The highest BCUT2D eigenvalue weighted by Gasteiger charge is 2.06. The summed E-state index contributed by atoms with van der Waals surface area (Å²) in [6.45, 7) is 3.84. The average Bonchev–Trinajstić information content (AvgIpc) is 2.88. The molecule has 0 amide bonds. The molecule has 19 heavy (non-hydrogen) atoms. The highest BCUT2D eigenvalue weighted by Crippen LogP contribution is 2.26. The molecule has 0 saturated carbocycles.